The molecule has 0 bridgehead atoms. The van der Waals surface area contributed by atoms with Gasteiger partial charge >= 0.3 is 11.4 Å². The highest BCUT2D eigenvalue weighted by Gasteiger charge is 2.08. The van der Waals surface area contributed by atoms with E-state index in [1.807, 2.05) is 0 Å². The van der Waals surface area contributed by atoms with Crippen LogP contribution in [0.25, 0.3) is 10.9 Å². The highest BCUT2D eigenvalue weighted by molar-refractivity contribution is 6.31. The van der Waals surface area contributed by atoms with Gasteiger partial charge < -0.3 is 4.42 Å². The Hall–Kier alpha value is -1.62. The third kappa shape index (κ3) is 1.31. The summed E-state index contributed by atoms with van der Waals surface area (Å²) in [5.74, 6) is -1.76. The lowest BCUT2D eigenvalue weighted by atomic mass is 10.2. The van der Waals surface area contributed by atoms with Crippen molar-refractivity contribution in [2.75, 3.05) is 0 Å². The van der Waals surface area contributed by atoms with Gasteiger partial charge in [0.2, 0.25) is 0 Å². The van der Waals surface area contributed by atoms with Gasteiger partial charge in [-0.1, -0.05) is 11.6 Å². The minimum atomic E-state index is -0.997. The first kappa shape index (κ1) is 8.96. The summed E-state index contributed by atoms with van der Waals surface area (Å²) in [6.07, 6.45) is 0. The van der Waals surface area contributed by atoms with Gasteiger partial charge in [0.25, 0.3) is 0 Å². The monoisotopic (exact) mass is 215 g/mol. The summed E-state index contributed by atoms with van der Waals surface area (Å²) in [7, 11) is 0. The number of fused-ring (bicyclic) bond motifs is 1. The predicted molar refractivity (Wildman–Crippen MR) is 48.1 cm³/mol. The highest BCUT2D eigenvalue weighted by Crippen LogP contribution is 2.17. The number of nitrogens with one attached hydrogen (secondary N) is 1. The molecule has 0 aliphatic heterocycles. The van der Waals surface area contributed by atoms with Crippen LogP contribution in [0.2, 0.25) is 5.02 Å². The van der Waals surface area contributed by atoms with Crippen LogP contribution in [0.1, 0.15) is 0 Å². The molecule has 0 amide bonds. The quantitative estimate of drug-likeness (QED) is 0.720. The average molecular weight is 216 g/mol. The van der Waals surface area contributed by atoms with E-state index in [0.717, 1.165) is 6.07 Å². The minimum Gasteiger partial charge on any atom is -0.372 e. The average Bonchev–Trinajstić information content (AvgIpc) is 2.07. The lowest BCUT2D eigenvalue weighted by Gasteiger charge is -1.97. The number of aromatic amines is 1. The standard InChI is InChI=1S/C8H3ClFNO3/c9-3-1-4-6(5(10)2-3)11-8(13)14-7(4)12/h1-2H,(H,11,13). The van der Waals surface area contributed by atoms with E-state index >= 15 is 0 Å². The Bertz CT molecular complexity index is 616. The Morgan fingerprint density at radius 3 is 2.79 bits per heavy atom. The van der Waals surface area contributed by atoms with Gasteiger partial charge in [-0.25, -0.2) is 14.0 Å². The second-order valence-corrected chi connectivity index (χ2v) is 3.05. The van der Waals surface area contributed by atoms with Gasteiger partial charge in [-0.2, -0.15) is 0 Å². The van der Waals surface area contributed by atoms with Gasteiger partial charge in [0.05, 0.1) is 10.9 Å². The third-order valence-electron chi connectivity index (χ3n) is 1.69. The fourth-order valence-corrected chi connectivity index (χ4v) is 1.33. The first-order chi connectivity index (χ1) is 6.58. The number of hydrogen-bond donors (Lipinski definition) is 1. The molecular formula is C8H3ClFNO3. The summed E-state index contributed by atoms with van der Waals surface area (Å²) in [6, 6.07) is 2.22. The van der Waals surface area contributed by atoms with E-state index in [2.05, 4.69) is 9.40 Å². The molecule has 0 aliphatic rings. The highest BCUT2D eigenvalue weighted by atomic mass is 35.5. The van der Waals surface area contributed by atoms with E-state index < -0.39 is 17.2 Å². The van der Waals surface area contributed by atoms with Crippen LogP contribution in [-0.4, -0.2) is 4.98 Å². The smallest absolute Gasteiger partial charge is 0.372 e. The van der Waals surface area contributed by atoms with Gasteiger partial charge in [-0.3, -0.25) is 4.98 Å². The molecule has 0 unspecified atom stereocenters. The maximum absolute atomic E-state index is 13.2. The van der Waals surface area contributed by atoms with Crippen LogP contribution in [0.4, 0.5) is 4.39 Å². The summed E-state index contributed by atoms with van der Waals surface area (Å²) < 4.78 is 17.4. The molecule has 14 heavy (non-hydrogen) atoms. The Morgan fingerprint density at radius 1 is 1.36 bits per heavy atom. The zero-order valence-corrected chi connectivity index (χ0v) is 7.39. The van der Waals surface area contributed by atoms with Gasteiger partial charge in [0, 0.05) is 5.02 Å². The summed E-state index contributed by atoms with van der Waals surface area (Å²) in [5, 5.41) is -0.0241. The second-order valence-electron chi connectivity index (χ2n) is 2.61. The van der Waals surface area contributed by atoms with Crippen LogP contribution in [0.5, 0.6) is 0 Å². The van der Waals surface area contributed by atoms with Crippen LogP contribution in [-0.2, 0) is 0 Å². The number of aromatic nitrogens is 1. The van der Waals surface area contributed by atoms with E-state index in [0.29, 0.717) is 0 Å². The van der Waals surface area contributed by atoms with Crippen molar-refractivity contribution in [3.8, 4) is 0 Å². The largest absolute Gasteiger partial charge is 0.419 e. The Balaban J connectivity index is 3.10. The Kier molecular flexibility index (Phi) is 1.89. The normalized spacial score (nSPS) is 10.7. The summed E-state index contributed by atoms with van der Waals surface area (Å²) in [4.78, 5) is 23.9. The number of hydrogen-bond acceptors (Lipinski definition) is 3. The molecule has 1 N–H and O–H groups in total. The van der Waals surface area contributed by atoms with Gasteiger partial charge in [0.1, 0.15) is 5.82 Å². The topological polar surface area (TPSA) is 63.1 Å². The fraction of sp³-hybridized carbons (Fsp3) is 0. The zero-order valence-electron chi connectivity index (χ0n) is 6.64. The van der Waals surface area contributed by atoms with Crippen LogP contribution in [0, 0.1) is 5.82 Å². The van der Waals surface area contributed by atoms with Crippen molar-refractivity contribution in [1.29, 1.82) is 0 Å². The molecule has 0 radical (unpaired) electrons. The van der Waals surface area contributed by atoms with E-state index in [-0.39, 0.29) is 15.9 Å². The summed E-state index contributed by atoms with van der Waals surface area (Å²) in [5.41, 5.74) is -1.11. The van der Waals surface area contributed by atoms with Crippen molar-refractivity contribution >= 4 is 22.5 Å². The molecule has 0 saturated carbocycles. The molecule has 2 rings (SSSR count). The molecule has 1 heterocycles. The lowest BCUT2D eigenvalue weighted by Crippen LogP contribution is -2.15. The molecule has 4 nitrogen and oxygen atoms in total. The number of halogens is 2. The van der Waals surface area contributed by atoms with Crippen molar-refractivity contribution in [1.82, 2.24) is 4.98 Å². The lowest BCUT2D eigenvalue weighted by molar-refractivity contribution is 0.458. The van der Waals surface area contributed by atoms with E-state index in [9.17, 15) is 14.0 Å². The SMILES string of the molecule is O=c1[nH]c2c(F)cc(Cl)cc2c(=O)o1. The molecule has 0 saturated heterocycles. The summed E-state index contributed by atoms with van der Waals surface area (Å²) in [6.45, 7) is 0. The molecule has 72 valence electrons. The summed E-state index contributed by atoms with van der Waals surface area (Å²) >= 11 is 5.52. The second kappa shape index (κ2) is 2.95. The van der Waals surface area contributed by atoms with Crippen molar-refractivity contribution in [3.05, 3.63) is 43.9 Å². The van der Waals surface area contributed by atoms with Gasteiger partial charge in [0.15, 0.2) is 0 Å². The zero-order chi connectivity index (χ0) is 10.3. The Labute approximate surface area is 80.9 Å². The van der Waals surface area contributed by atoms with E-state index in [4.69, 9.17) is 11.6 Å². The number of benzene rings is 1. The van der Waals surface area contributed by atoms with Crippen LogP contribution < -0.4 is 11.4 Å². The van der Waals surface area contributed by atoms with Crippen LogP contribution >= 0.6 is 11.6 Å². The molecule has 6 heteroatoms. The van der Waals surface area contributed by atoms with Crippen LogP contribution in [0.15, 0.2) is 26.1 Å². The van der Waals surface area contributed by atoms with Crippen molar-refractivity contribution in [2.45, 2.75) is 0 Å². The maximum Gasteiger partial charge on any atom is 0.419 e. The first-order valence-electron chi connectivity index (χ1n) is 3.60. The molecule has 0 aliphatic carbocycles. The third-order valence-corrected chi connectivity index (χ3v) is 1.91. The Morgan fingerprint density at radius 2 is 2.07 bits per heavy atom. The first-order valence-corrected chi connectivity index (χ1v) is 3.98. The van der Waals surface area contributed by atoms with Crippen LogP contribution in [0.3, 0.4) is 0 Å². The molecule has 0 spiro atoms. The predicted octanol–water partition coefficient (Wildman–Crippen LogP) is 1.27. The number of H-pyrrole nitrogens is 1. The van der Waals surface area contributed by atoms with E-state index in [1.54, 1.807) is 0 Å². The molecule has 0 fully saturated rings. The molecule has 2 aromatic rings. The fourth-order valence-electron chi connectivity index (χ4n) is 1.13. The molecule has 1 aromatic heterocycles. The van der Waals surface area contributed by atoms with Crippen molar-refractivity contribution in [3.63, 3.8) is 0 Å². The molecule has 0 atom stereocenters. The minimum absolute atomic E-state index is 0.0642. The molecular weight excluding hydrogens is 213 g/mol. The molecule has 1 aromatic carbocycles. The van der Waals surface area contributed by atoms with E-state index in [1.165, 1.54) is 6.07 Å². The van der Waals surface area contributed by atoms with Crippen molar-refractivity contribution < 1.29 is 8.81 Å². The van der Waals surface area contributed by atoms with Gasteiger partial charge in [-0.15, -0.1) is 0 Å². The number of rotatable bonds is 0. The maximum atomic E-state index is 13.2. The van der Waals surface area contributed by atoms with Crippen molar-refractivity contribution in [2.24, 2.45) is 0 Å². The van der Waals surface area contributed by atoms with Gasteiger partial charge in [-0.05, 0) is 12.1 Å².